The highest BCUT2D eigenvalue weighted by molar-refractivity contribution is 7.89. The summed E-state index contributed by atoms with van der Waals surface area (Å²) in [6.07, 6.45) is 0.553. The summed E-state index contributed by atoms with van der Waals surface area (Å²) < 4.78 is 37.7. The van der Waals surface area contributed by atoms with Crippen molar-refractivity contribution < 1.29 is 22.7 Å². The quantitative estimate of drug-likeness (QED) is 0.554. The largest absolute Gasteiger partial charge is 0.492 e. The Balaban J connectivity index is 1.51. The van der Waals surface area contributed by atoms with Crippen LogP contribution in [0.3, 0.4) is 0 Å². The first-order valence-corrected chi connectivity index (χ1v) is 11.9. The Morgan fingerprint density at radius 3 is 2.58 bits per heavy atom. The number of amides is 2. The maximum atomic E-state index is 12.8. The summed E-state index contributed by atoms with van der Waals surface area (Å²) in [7, 11) is -3.70. The lowest BCUT2D eigenvalue weighted by Crippen LogP contribution is -2.40. The van der Waals surface area contributed by atoms with E-state index >= 15 is 0 Å². The van der Waals surface area contributed by atoms with E-state index in [1.807, 2.05) is 12.1 Å². The van der Waals surface area contributed by atoms with Crippen LogP contribution in [0.25, 0.3) is 0 Å². The maximum Gasteiger partial charge on any atom is 0.319 e. The highest BCUT2D eigenvalue weighted by Gasteiger charge is 2.27. The average molecular weight is 488 g/mol. The topological polar surface area (TPSA) is 97.0 Å². The fourth-order valence-corrected chi connectivity index (χ4v) is 4.67. The number of rotatable bonds is 8. The molecule has 2 N–H and O–H groups in total. The summed E-state index contributed by atoms with van der Waals surface area (Å²) >= 11 is 12.2. The molecule has 0 aromatic heterocycles. The van der Waals surface area contributed by atoms with Crippen LogP contribution >= 0.6 is 23.2 Å². The number of nitrogens with one attached hydrogen (secondary N) is 2. The number of carbonyl (C=O) groups excluding carboxylic acids is 1. The number of carbonyl (C=O) groups is 1. The van der Waals surface area contributed by atoms with Gasteiger partial charge in [0.2, 0.25) is 10.0 Å². The van der Waals surface area contributed by atoms with Crippen LogP contribution in [0.4, 0.5) is 10.5 Å². The Hall–Kier alpha value is -2.04. The van der Waals surface area contributed by atoms with Gasteiger partial charge in [-0.25, -0.2) is 13.2 Å². The monoisotopic (exact) mass is 487 g/mol. The van der Waals surface area contributed by atoms with Gasteiger partial charge in [0.25, 0.3) is 0 Å². The van der Waals surface area contributed by atoms with Crippen LogP contribution in [-0.2, 0) is 14.8 Å². The lowest BCUT2D eigenvalue weighted by Gasteiger charge is -2.26. The molecule has 1 aliphatic heterocycles. The summed E-state index contributed by atoms with van der Waals surface area (Å²) in [5, 5.41) is 6.03. The van der Waals surface area contributed by atoms with Gasteiger partial charge in [-0.1, -0.05) is 35.3 Å². The van der Waals surface area contributed by atoms with Crippen molar-refractivity contribution in [2.24, 2.45) is 0 Å². The fraction of sp³-hybridized carbons (Fsp3) is 0.350. The lowest BCUT2D eigenvalue weighted by atomic mass is 10.3. The van der Waals surface area contributed by atoms with Crippen LogP contribution in [0.15, 0.2) is 47.4 Å². The van der Waals surface area contributed by atoms with Gasteiger partial charge in [0, 0.05) is 19.6 Å². The molecule has 31 heavy (non-hydrogen) atoms. The zero-order chi connectivity index (χ0) is 22.3. The molecule has 1 aliphatic rings. The number of nitrogens with zero attached hydrogens (tertiary/aromatic N) is 1. The van der Waals surface area contributed by atoms with E-state index in [1.165, 1.54) is 22.5 Å². The number of halogens is 2. The molecule has 2 aromatic rings. The summed E-state index contributed by atoms with van der Waals surface area (Å²) in [6.45, 7) is 1.98. The molecule has 1 saturated heterocycles. The molecule has 0 radical (unpaired) electrons. The number of hydrogen-bond acceptors (Lipinski definition) is 5. The minimum atomic E-state index is -3.70. The van der Waals surface area contributed by atoms with Gasteiger partial charge < -0.3 is 20.1 Å². The highest BCUT2D eigenvalue weighted by Crippen LogP contribution is 2.27. The molecule has 0 unspecified atom stereocenters. The first-order valence-electron chi connectivity index (χ1n) is 9.67. The van der Waals surface area contributed by atoms with Crippen LogP contribution in [0.1, 0.15) is 6.42 Å². The summed E-state index contributed by atoms with van der Waals surface area (Å²) in [5.74, 6) is 0.582. The Morgan fingerprint density at radius 1 is 1.10 bits per heavy atom. The van der Waals surface area contributed by atoms with Crippen molar-refractivity contribution in [2.75, 3.05) is 44.8 Å². The normalized spacial score (nSPS) is 14.8. The van der Waals surface area contributed by atoms with E-state index in [1.54, 1.807) is 12.1 Å². The summed E-state index contributed by atoms with van der Waals surface area (Å²) in [5.41, 5.74) is 0.209. The van der Waals surface area contributed by atoms with Crippen molar-refractivity contribution in [2.45, 2.75) is 11.3 Å². The second kappa shape index (κ2) is 11.0. The molecule has 0 aliphatic carbocycles. The smallest absolute Gasteiger partial charge is 0.319 e. The molecule has 0 atom stereocenters. The van der Waals surface area contributed by atoms with E-state index in [4.69, 9.17) is 32.7 Å². The van der Waals surface area contributed by atoms with Crippen LogP contribution in [0.5, 0.6) is 5.75 Å². The third-order valence-corrected chi connectivity index (χ3v) is 7.03. The summed E-state index contributed by atoms with van der Waals surface area (Å²) in [4.78, 5) is 12.3. The summed E-state index contributed by atoms with van der Waals surface area (Å²) in [6, 6.07) is 10.9. The van der Waals surface area contributed by atoms with E-state index < -0.39 is 16.1 Å². The fourth-order valence-electron chi connectivity index (χ4n) is 2.88. The molecule has 2 amide bonds. The van der Waals surface area contributed by atoms with Crippen molar-refractivity contribution >= 4 is 44.9 Å². The molecule has 0 spiro atoms. The van der Waals surface area contributed by atoms with Crippen LogP contribution in [-0.4, -0.2) is 58.2 Å². The third kappa shape index (κ3) is 6.47. The molecule has 1 heterocycles. The first-order chi connectivity index (χ1) is 14.9. The SMILES string of the molecule is O=C(NCCCOc1ccccc1Cl)Nc1cc(S(=O)(=O)N2CCOCC2)ccc1Cl. The average Bonchev–Trinajstić information content (AvgIpc) is 2.76. The lowest BCUT2D eigenvalue weighted by molar-refractivity contribution is 0.0730. The van der Waals surface area contributed by atoms with E-state index in [0.717, 1.165) is 0 Å². The molecule has 1 fully saturated rings. The van der Waals surface area contributed by atoms with Gasteiger partial charge >= 0.3 is 6.03 Å². The molecular weight excluding hydrogens is 465 g/mol. The number of sulfonamides is 1. The molecule has 0 bridgehead atoms. The Kier molecular flexibility index (Phi) is 8.39. The third-order valence-electron chi connectivity index (χ3n) is 4.49. The van der Waals surface area contributed by atoms with Crippen molar-refractivity contribution in [1.82, 2.24) is 9.62 Å². The van der Waals surface area contributed by atoms with Crippen molar-refractivity contribution in [3.05, 3.63) is 52.5 Å². The van der Waals surface area contributed by atoms with E-state index in [-0.39, 0.29) is 28.7 Å². The molecule has 2 aromatic carbocycles. The standard InChI is InChI=1S/C20H23Cl2N3O5S/c21-16-7-6-15(31(27,28)25-9-12-29-13-10-25)14-18(16)24-20(26)23-8-3-11-30-19-5-2-1-4-17(19)22/h1-2,4-7,14H,3,8-13H2,(H2,23,24,26). The molecular formula is C20H23Cl2N3O5S. The predicted octanol–water partition coefficient (Wildman–Crippen LogP) is 3.60. The van der Waals surface area contributed by atoms with Crippen LogP contribution in [0.2, 0.25) is 10.0 Å². The molecule has 11 heteroatoms. The zero-order valence-electron chi connectivity index (χ0n) is 16.6. The molecule has 8 nitrogen and oxygen atoms in total. The first kappa shape index (κ1) is 23.6. The van der Waals surface area contributed by atoms with Crippen LogP contribution < -0.4 is 15.4 Å². The van der Waals surface area contributed by atoms with Gasteiger partial charge in [-0.15, -0.1) is 0 Å². The molecule has 168 valence electrons. The maximum absolute atomic E-state index is 12.8. The van der Waals surface area contributed by atoms with Gasteiger partial charge in [-0.3, -0.25) is 0 Å². The zero-order valence-corrected chi connectivity index (χ0v) is 19.0. The Bertz CT molecular complexity index is 1010. The second-order valence-corrected chi connectivity index (χ2v) is 9.42. The number of ether oxygens (including phenoxy) is 2. The Morgan fingerprint density at radius 2 is 1.84 bits per heavy atom. The molecule has 0 saturated carbocycles. The van der Waals surface area contributed by atoms with E-state index in [9.17, 15) is 13.2 Å². The number of hydrogen-bond donors (Lipinski definition) is 2. The van der Waals surface area contributed by atoms with E-state index in [2.05, 4.69) is 10.6 Å². The number of urea groups is 1. The number of para-hydroxylation sites is 1. The number of anilines is 1. The van der Waals surface area contributed by atoms with Gasteiger partial charge in [0.15, 0.2) is 0 Å². The van der Waals surface area contributed by atoms with Gasteiger partial charge in [0.05, 0.1) is 40.4 Å². The van der Waals surface area contributed by atoms with Gasteiger partial charge in [0.1, 0.15) is 5.75 Å². The highest BCUT2D eigenvalue weighted by atomic mass is 35.5. The number of morpholine rings is 1. The van der Waals surface area contributed by atoms with Crippen molar-refractivity contribution in [3.63, 3.8) is 0 Å². The van der Waals surface area contributed by atoms with Crippen LogP contribution in [0, 0.1) is 0 Å². The minimum Gasteiger partial charge on any atom is -0.492 e. The number of benzene rings is 2. The van der Waals surface area contributed by atoms with Gasteiger partial charge in [-0.05, 0) is 36.8 Å². The Labute approximate surface area is 191 Å². The minimum absolute atomic E-state index is 0.0576. The van der Waals surface area contributed by atoms with Crippen molar-refractivity contribution in [3.8, 4) is 5.75 Å². The predicted molar refractivity (Wildman–Crippen MR) is 120 cm³/mol. The molecule has 3 rings (SSSR count). The van der Waals surface area contributed by atoms with Gasteiger partial charge in [-0.2, -0.15) is 4.31 Å². The van der Waals surface area contributed by atoms with Crippen molar-refractivity contribution in [1.29, 1.82) is 0 Å². The second-order valence-electron chi connectivity index (χ2n) is 6.67. The van der Waals surface area contributed by atoms with E-state index in [0.29, 0.717) is 43.6 Å².